The van der Waals surface area contributed by atoms with E-state index < -0.39 is 0 Å². The van der Waals surface area contributed by atoms with Crippen molar-refractivity contribution in [2.24, 2.45) is 0 Å². The summed E-state index contributed by atoms with van der Waals surface area (Å²) < 4.78 is 0. The molecule has 1 amide bonds. The molecule has 102 valence electrons. The zero-order valence-electron chi connectivity index (χ0n) is 11.1. The highest BCUT2D eigenvalue weighted by Crippen LogP contribution is 2.22. The Morgan fingerprint density at radius 1 is 1.20 bits per heavy atom. The highest BCUT2D eigenvalue weighted by Gasteiger charge is 2.03. The summed E-state index contributed by atoms with van der Waals surface area (Å²) in [6, 6.07) is 12.7. The Kier molecular flexibility index (Phi) is 4.43. The number of halogens is 1. The fourth-order valence-electron chi connectivity index (χ4n) is 1.67. The average molecular weight is 287 g/mol. The largest absolute Gasteiger partial charge is 0.399 e. The molecule has 0 radical (unpaired) electrons. The second kappa shape index (κ2) is 6.26. The van der Waals surface area contributed by atoms with E-state index in [4.69, 9.17) is 17.3 Å². The van der Waals surface area contributed by atoms with E-state index in [2.05, 4.69) is 5.32 Å². The number of hydrogen-bond donors (Lipinski definition) is 2. The van der Waals surface area contributed by atoms with Crippen LogP contribution in [0.1, 0.15) is 11.1 Å². The number of rotatable bonds is 3. The number of anilines is 2. The molecule has 0 aliphatic rings. The molecule has 20 heavy (non-hydrogen) atoms. The lowest BCUT2D eigenvalue weighted by atomic mass is 10.2. The normalized spacial score (nSPS) is 10.7. The standard InChI is InChI=1S/C16H15ClN2O/c1-11-2-8-15(14(17)10-11)19-16(20)9-5-12-3-6-13(18)7-4-12/h2-10H,18H2,1H3,(H,19,20)/b9-5+. The van der Waals surface area contributed by atoms with E-state index in [-0.39, 0.29) is 5.91 Å². The van der Waals surface area contributed by atoms with Gasteiger partial charge in [0.1, 0.15) is 0 Å². The molecule has 4 heteroatoms. The molecular weight excluding hydrogens is 272 g/mol. The van der Waals surface area contributed by atoms with Gasteiger partial charge in [-0.1, -0.05) is 29.8 Å². The minimum atomic E-state index is -0.229. The zero-order chi connectivity index (χ0) is 14.5. The fourth-order valence-corrected chi connectivity index (χ4v) is 1.96. The molecular formula is C16H15ClN2O. The summed E-state index contributed by atoms with van der Waals surface area (Å²) in [5.41, 5.74) is 8.84. The molecule has 0 spiro atoms. The minimum absolute atomic E-state index is 0.229. The van der Waals surface area contributed by atoms with E-state index in [1.807, 2.05) is 25.1 Å². The highest BCUT2D eigenvalue weighted by molar-refractivity contribution is 6.33. The number of nitrogen functional groups attached to an aromatic ring is 1. The minimum Gasteiger partial charge on any atom is -0.399 e. The van der Waals surface area contributed by atoms with Gasteiger partial charge in [0, 0.05) is 11.8 Å². The molecule has 0 heterocycles. The van der Waals surface area contributed by atoms with E-state index in [1.54, 1.807) is 30.3 Å². The van der Waals surface area contributed by atoms with Crippen LogP contribution in [0.25, 0.3) is 6.08 Å². The van der Waals surface area contributed by atoms with Gasteiger partial charge in [0.2, 0.25) is 5.91 Å². The summed E-state index contributed by atoms with van der Waals surface area (Å²) in [6.07, 6.45) is 3.18. The molecule has 0 aliphatic heterocycles. The van der Waals surface area contributed by atoms with Crippen LogP contribution in [-0.2, 0) is 4.79 Å². The molecule has 2 rings (SSSR count). The number of amides is 1. The lowest BCUT2D eigenvalue weighted by Gasteiger charge is -2.05. The molecule has 0 atom stereocenters. The molecule has 0 fully saturated rings. The maximum absolute atomic E-state index is 11.8. The van der Waals surface area contributed by atoms with Crippen molar-refractivity contribution in [3.63, 3.8) is 0 Å². The Bertz CT molecular complexity index is 648. The first kappa shape index (κ1) is 14.2. The first-order valence-corrected chi connectivity index (χ1v) is 6.53. The first-order chi connectivity index (χ1) is 9.54. The average Bonchev–Trinajstić information content (AvgIpc) is 2.41. The number of aryl methyl sites for hydroxylation is 1. The lowest BCUT2D eigenvalue weighted by Crippen LogP contribution is -2.08. The van der Waals surface area contributed by atoms with Crippen LogP contribution in [0.5, 0.6) is 0 Å². The molecule has 0 saturated carbocycles. The number of hydrogen-bond acceptors (Lipinski definition) is 2. The van der Waals surface area contributed by atoms with Crippen molar-refractivity contribution in [1.29, 1.82) is 0 Å². The summed E-state index contributed by atoms with van der Waals surface area (Å²) in [5, 5.41) is 3.26. The second-order valence-corrected chi connectivity index (χ2v) is 4.88. The summed E-state index contributed by atoms with van der Waals surface area (Å²) >= 11 is 6.06. The molecule has 0 aliphatic carbocycles. The Hall–Kier alpha value is -2.26. The summed E-state index contributed by atoms with van der Waals surface area (Å²) in [6.45, 7) is 1.94. The van der Waals surface area contributed by atoms with Crippen molar-refractivity contribution in [2.75, 3.05) is 11.1 Å². The van der Waals surface area contributed by atoms with Gasteiger partial charge in [0.25, 0.3) is 0 Å². The quantitative estimate of drug-likeness (QED) is 0.664. The molecule has 0 bridgehead atoms. The van der Waals surface area contributed by atoms with Gasteiger partial charge in [0.15, 0.2) is 0 Å². The summed E-state index contributed by atoms with van der Waals surface area (Å²) in [7, 11) is 0. The number of nitrogens with two attached hydrogens (primary N) is 1. The third-order valence-corrected chi connectivity index (χ3v) is 3.06. The van der Waals surface area contributed by atoms with E-state index in [0.29, 0.717) is 16.4 Å². The second-order valence-electron chi connectivity index (χ2n) is 4.47. The molecule has 0 aromatic heterocycles. The summed E-state index contributed by atoms with van der Waals surface area (Å²) in [4.78, 5) is 11.8. The van der Waals surface area contributed by atoms with Crippen LogP contribution in [0.15, 0.2) is 48.5 Å². The van der Waals surface area contributed by atoms with Gasteiger partial charge in [-0.05, 0) is 48.4 Å². The van der Waals surface area contributed by atoms with Gasteiger partial charge in [-0.25, -0.2) is 0 Å². The van der Waals surface area contributed by atoms with Crippen molar-refractivity contribution in [3.8, 4) is 0 Å². The van der Waals surface area contributed by atoms with Gasteiger partial charge >= 0.3 is 0 Å². The topological polar surface area (TPSA) is 55.1 Å². The fraction of sp³-hybridized carbons (Fsp3) is 0.0625. The van der Waals surface area contributed by atoms with Crippen LogP contribution in [0.4, 0.5) is 11.4 Å². The number of carbonyl (C=O) groups is 1. The number of nitrogens with one attached hydrogen (secondary N) is 1. The van der Waals surface area contributed by atoms with E-state index in [0.717, 1.165) is 11.1 Å². The van der Waals surface area contributed by atoms with E-state index in [1.165, 1.54) is 6.08 Å². The maximum atomic E-state index is 11.8. The maximum Gasteiger partial charge on any atom is 0.248 e. The zero-order valence-corrected chi connectivity index (χ0v) is 11.8. The van der Waals surface area contributed by atoms with Gasteiger partial charge in [0.05, 0.1) is 10.7 Å². The van der Waals surface area contributed by atoms with Crippen molar-refractivity contribution in [2.45, 2.75) is 6.92 Å². The Balaban J connectivity index is 2.03. The third-order valence-electron chi connectivity index (χ3n) is 2.75. The van der Waals surface area contributed by atoms with Crippen molar-refractivity contribution < 1.29 is 4.79 Å². The molecule has 3 N–H and O–H groups in total. The lowest BCUT2D eigenvalue weighted by molar-refractivity contribution is -0.111. The number of benzene rings is 2. The summed E-state index contributed by atoms with van der Waals surface area (Å²) in [5.74, 6) is -0.229. The Morgan fingerprint density at radius 2 is 1.90 bits per heavy atom. The molecule has 3 nitrogen and oxygen atoms in total. The highest BCUT2D eigenvalue weighted by atomic mass is 35.5. The van der Waals surface area contributed by atoms with Crippen LogP contribution in [0, 0.1) is 6.92 Å². The van der Waals surface area contributed by atoms with Crippen LogP contribution in [-0.4, -0.2) is 5.91 Å². The van der Waals surface area contributed by atoms with Crippen molar-refractivity contribution >= 4 is 35.0 Å². The molecule has 0 saturated heterocycles. The van der Waals surface area contributed by atoms with Gasteiger partial charge in [-0.2, -0.15) is 0 Å². The van der Waals surface area contributed by atoms with Crippen LogP contribution >= 0.6 is 11.6 Å². The third kappa shape index (κ3) is 3.87. The predicted molar refractivity (Wildman–Crippen MR) is 84.7 cm³/mol. The van der Waals surface area contributed by atoms with Gasteiger partial charge in [-0.15, -0.1) is 0 Å². The monoisotopic (exact) mass is 286 g/mol. The number of carbonyl (C=O) groups excluding carboxylic acids is 1. The van der Waals surface area contributed by atoms with Crippen LogP contribution < -0.4 is 11.1 Å². The van der Waals surface area contributed by atoms with Gasteiger partial charge in [-0.3, -0.25) is 4.79 Å². The van der Waals surface area contributed by atoms with Crippen LogP contribution in [0.3, 0.4) is 0 Å². The smallest absolute Gasteiger partial charge is 0.248 e. The Morgan fingerprint density at radius 3 is 2.55 bits per heavy atom. The van der Waals surface area contributed by atoms with Crippen LogP contribution in [0.2, 0.25) is 5.02 Å². The van der Waals surface area contributed by atoms with Gasteiger partial charge < -0.3 is 11.1 Å². The van der Waals surface area contributed by atoms with Crippen molar-refractivity contribution in [3.05, 3.63) is 64.7 Å². The van der Waals surface area contributed by atoms with E-state index in [9.17, 15) is 4.79 Å². The van der Waals surface area contributed by atoms with Crippen molar-refractivity contribution in [1.82, 2.24) is 0 Å². The predicted octanol–water partition coefficient (Wildman–Crippen LogP) is 3.88. The molecule has 2 aromatic carbocycles. The molecule has 0 unspecified atom stereocenters. The SMILES string of the molecule is Cc1ccc(NC(=O)/C=C/c2ccc(N)cc2)c(Cl)c1. The Labute approximate surface area is 123 Å². The first-order valence-electron chi connectivity index (χ1n) is 6.15. The van der Waals surface area contributed by atoms with E-state index >= 15 is 0 Å². The molecule has 2 aromatic rings.